The Labute approximate surface area is 171 Å². The number of carbonyl (C=O) groups is 1. The minimum Gasteiger partial charge on any atom is -0.354 e. The summed E-state index contributed by atoms with van der Waals surface area (Å²) in [6, 6.07) is 17.8. The summed E-state index contributed by atoms with van der Waals surface area (Å²) in [5.74, 6) is 0.888. The van der Waals surface area contributed by atoms with Gasteiger partial charge in [0, 0.05) is 43.3 Å². The lowest BCUT2D eigenvalue weighted by molar-refractivity contribution is -0.111. The predicted octanol–water partition coefficient (Wildman–Crippen LogP) is 3.95. The van der Waals surface area contributed by atoms with Gasteiger partial charge in [-0.3, -0.25) is 4.79 Å². The zero-order chi connectivity index (χ0) is 20.2. The summed E-state index contributed by atoms with van der Waals surface area (Å²) in [7, 11) is 2.15. The number of fused-ring (bicyclic) bond motifs is 1. The van der Waals surface area contributed by atoms with Crippen molar-refractivity contribution in [3.05, 3.63) is 71.8 Å². The first kappa shape index (κ1) is 19.2. The van der Waals surface area contributed by atoms with E-state index in [-0.39, 0.29) is 5.91 Å². The smallest absolute Gasteiger partial charge is 0.248 e. The number of hydrogen-bond acceptors (Lipinski definition) is 4. The van der Waals surface area contributed by atoms with Gasteiger partial charge < -0.3 is 15.1 Å². The Kier molecular flexibility index (Phi) is 5.58. The fourth-order valence-electron chi connectivity index (χ4n) is 3.57. The molecule has 5 nitrogen and oxygen atoms in total. The number of carbonyl (C=O) groups excluding carboxylic acids is 1. The number of amides is 1. The molecule has 0 spiro atoms. The molecule has 29 heavy (non-hydrogen) atoms. The van der Waals surface area contributed by atoms with Crippen molar-refractivity contribution in [3.8, 4) is 0 Å². The number of nitrogens with zero attached hydrogens (tertiary/aromatic N) is 3. The zero-order valence-electron chi connectivity index (χ0n) is 16.9. The summed E-state index contributed by atoms with van der Waals surface area (Å²) >= 11 is 0. The fourth-order valence-corrected chi connectivity index (χ4v) is 3.57. The van der Waals surface area contributed by atoms with Crippen molar-refractivity contribution in [2.75, 3.05) is 43.4 Å². The second-order valence-corrected chi connectivity index (χ2v) is 7.55. The van der Waals surface area contributed by atoms with E-state index < -0.39 is 0 Å². The first-order chi connectivity index (χ1) is 14.1. The highest BCUT2D eigenvalue weighted by Gasteiger charge is 2.16. The van der Waals surface area contributed by atoms with E-state index in [1.165, 1.54) is 5.56 Å². The topological polar surface area (TPSA) is 48.5 Å². The maximum absolute atomic E-state index is 12.3. The second-order valence-electron chi connectivity index (χ2n) is 7.55. The molecule has 1 fully saturated rings. The maximum atomic E-state index is 12.3. The van der Waals surface area contributed by atoms with Gasteiger partial charge in [0.15, 0.2) is 0 Å². The standard InChI is InChI=1S/C24H26N4O/c1-18-16-23(28-14-12-27(2)13-15-28)26-22-10-9-20(17-21(18)22)25-24(29)11-8-19-6-4-3-5-7-19/h3-11,16-17H,12-15H2,1-2H3,(H,25,29). The molecule has 1 amide bonds. The van der Waals surface area contributed by atoms with Gasteiger partial charge in [-0.2, -0.15) is 0 Å². The van der Waals surface area contributed by atoms with Gasteiger partial charge >= 0.3 is 0 Å². The molecular formula is C24H26N4O. The number of likely N-dealkylation sites (N-methyl/N-ethyl adjacent to an activating group) is 1. The van der Waals surface area contributed by atoms with Gasteiger partial charge in [-0.05, 0) is 55.4 Å². The summed E-state index contributed by atoms with van der Waals surface area (Å²) in [6.07, 6.45) is 3.37. The molecule has 0 saturated carbocycles. The summed E-state index contributed by atoms with van der Waals surface area (Å²) < 4.78 is 0. The summed E-state index contributed by atoms with van der Waals surface area (Å²) in [6.45, 7) is 6.21. The number of aryl methyl sites for hydroxylation is 1. The minimum absolute atomic E-state index is 0.145. The van der Waals surface area contributed by atoms with Crippen LogP contribution in [0.15, 0.2) is 60.7 Å². The normalized spacial score (nSPS) is 15.2. The molecule has 3 aromatic rings. The van der Waals surface area contributed by atoms with E-state index in [1.807, 2.05) is 54.6 Å². The fraction of sp³-hybridized carbons (Fsp3) is 0.250. The van der Waals surface area contributed by atoms with E-state index in [9.17, 15) is 4.79 Å². The van der Waals surface area contributed by atoms with Crippen LogP contribution in [0.2, 0.25) is 0 Å². The molecular weight excluding hydrogens is 360 g/mol. The van der Waals surface area contributed by atoms with Crippen molar-refractivity contribution in [2.45, 2.75) is 6.92 Å². The second kappa shape index (κ2) is 8.45. The van der Waals surface area contributed by atoms with Crippen molar-refractivity contribution in [2.24, 2.45) is 0 Å². The van der Waals surface area contributed by atoms with Crippen LogP contribution in [0.4, 0.5) is 11.5 Å². The number of nitrogens with one attached hydrogen (secondary N) is 1. The van der Waals surface area contributed by atoms with Crippen molar-refractivity contribution in [1.29, 1.82) is 0 Å². The van der Waals surface area contributed by atoms with E-state index >= 15 is 0 Å². The molecule has 0 atom stereocenters. The Morgan fingerprint density at radius 3 is 2.55 bits per heavy atom. The van der Waals surface area contributed by atoms with Crippen LogP contribution in [0.3, 0.4) is 0 Å². The van der Waals surface area contributed by atoms with Crippen LogP contribution < -0.4 is 10.2 Å². The molecule has 4 rings (SSSR count). The highest BCUT2D eigenvalue weighted by Crippen LogP contribution is 2.26. The number of benzene rings is 2. The van der Waals surface area contributed by atoms with Crippen molar-refractivity contribution < 1.29 is 4.79 Å². The van der Waals surface area contributed by atoms with E-state index in [4.69, 9.17) is 4.98 Å². The van der Waals surface area contributed by atoms with Crippen LogP contribution >= 0.6 is 0 Å². The van der Waals surface area contributed by atoms with Gasteiger partial charge in [-0.25, -0.2) is 4.98 Å². The third-order valence-electron chi connectivity index (χ3n) is 5.32. The molecule has 1 saturated heterocycles. The van der Waals surface area contributed by atoms with Crippen molar-refractivity contribution >= 4 is 34.4 Å². The van der Waals surface area contributed by atoms with E-state index in [0.29, 0.717) is 0 Å². The van der Waals surface area contributed by atoms with E-state index in [1.54, 1.807) is 6.08 Å². The van der Waals surface area contributed by atoms with Crippen LogP contribution in [0.5, 0.6) is 0 Å². The number of piperazine rings is 1. The molecule has 148 valence electrons. The molecule has 2 heterocycles. The SMILES string of the molecule is Cc1cc(N2CCN(C)CC2)nc2ccc(NC(=O)C=Cc3ccccc3)cc12. The molecule has 2 aromatic carbocycles. The Bertz CT molecular complexity index is 1040. The molecule has 1 aromatic heterocycles. The molecule has 1 aliphatic heterocycles. The number of pyridine rings is 1. The largest absolute Gasteiger partial charge is 0.354 e. The van der Waals surface area contributed by atoms with Gasteiger partial charge in [0.1, 0.15) is 5.82 Å². The number of hydrogen-bond donors (Lipinski definition) is 1. The molecule has 5 heteroatoms. The molecule has 0 bridgehead atoms. The maximum Gasteiger partial charge on any atom is 0.248 e. The number of rotatable bonds is 4. The van der Waals surface area contributed by atoms with Gasteiger partial charge in [-0.1, -0.05) is 30.3 Å². The van der Waals surface area contributed by atoms with Crippen molar-refractivity contribution in [3.63, 3.8) is 0 Å². The lowest BCUT2D eigenvalue weighted by Gasteiger charge is -2.33. The third-order valence-corrected chi connectivity index (χ3v) is 5.32. The molecule has 1 N–H and O–H groups in total. The Morgan fingerprint density at radius 1 is 1.03 bits per heavy atom. The van der Waals surface area contributed by atoms with Gasteiger partial charge in [-0.15, -0.1) is 0 Å². The highest BCUT2D eigenvalue weighted by molar-refractivity contribution is 6.03. The molecule has 1 aliphatic rings. The average molecular weight is 386 g/mol. The van der Waals surface area contributed by atoms with Crippen LogP contribution in [0, 0.1) is 6.92 Å². The lowest BCUT2D eigenvalue weighted by Crippen LogP contribution is -2.44. The Balaban J connectivity index is 1.50. The van der Waals surface area contributed by atoms with E-state index in [0.717, 1.165) is 54.2 Å². The van der Waals surface area contributed by atoms with Crippen molar-refractivity contribution in [1.82, 2.24) is 9.88 Å². The van der Waals surface area contributed by atoms with E-state index in [2.05, 4.69) is 35.2 Å². The van der Waals surface area contributed by atoms with Crippen LogP contribution in [-0.4, -0.2) is 49.0 Å². The van der Waals surface area contributed by atoms with Gasteiger partial charge in [0.05, 0.1) is 5.52 Å². The van der Waals surface area contributed by atoms with Crippen LogP contribution in [-0.2, 0) is 4.79 Å². The lowest BCUT2D eigenvalue weighted by atomic mass is 10.1. The minimum atomic E-state index is -0.145. The molecule has 0 radical (unpaired) electrons. The van der Waals surface area contributed by atoms with Crippen LogP contribution in [0.25, 0.3) is 17.0 Å². The average Bonchev–Trinajstić information content (AvgIpc) is 2.74. The monoisotopic (exact) mass is 386 g/mol. The summed E-state index contributed by atoms with van der Waals surface area (Å²) in [5.41, 5.74) is 3.90. The highest BCUT2D eigenvalue weighted by atomic mass is 16.1. The summed E-state index contributed by atoms with van der Waals surface area (Å²) in [4.78, 5) is 21.8. The Hall–Kier alpha value is -3.18. The zero-order valence-corrected chi connectivity index (χ0v) is 16.9. The third kappa shape index (κ3) is 4.63. The Morgan fingerprint density at radius 2 is 1.79 bits per heavy atom. The first-order valence-electron chi connectivity index (χ1n) is 9.97. The number of aromatic nitrogens is 1. The quantitative estimate of drug-likeness (QED) is 0.690. The first-order valence-corrected chi connectivity index (χ1v) is 9.97. The van der Waals surface area contributed by atoms with Crippen LogP contribution in [0.1, 0.15) is 11.1 Å². The molecule has 0 unspecified atom stereocenters. The summed E-state index contributed by atoms with van der Waals surface area (Å²) in [5, 5.41) is 4.01. The molecule has 0 aliphatic carbocycles. The van der Waals surface area contributed by atoms with Gasteiger partial charge in [0.25, 0.3) is 0 Å². The number of anilines is 2. The predicted molar refractivity (Wildman–Crippen MR) is 120 cm³/mol. The van der Waals surface area contributed by atoms with Gasteiger partial charge in [0.2, 0.25) is 5.91 Å².